The predicted molar refractivity (Wildman–Crippen MR) is 86.4 cm³/mol. The van der Waals surface area contributed by atoms with E-state index in [1.54, 1.807) is 0 Å². The molecule has 0 aromatic carbocycles. The largest absolute Gasteiger partial charge is 0.455 e. The number of amides is 1. The van der Waals surface area contributed by atoms with Crippen LogP contribution in [0.25, 0.3) is 0 Å². The summed E-state index contributed by atoms with van der Waals surface area (Å²) < 4.78 is 5.17. The van der Waals surface area contributed by atoms with Crippen LogP contribution < -0.4 is 5.32 Å². The molecule has 0 saturated heterocycles. The first-order valence-corrected chi connectivity index (χ1v) is 9.41. The van der Waals surface area contributed by atoms with Crippen molar-refractivity contribution in [3.63, 3.8) is 0 Å². The van der Waals surface area contributed by atoms with Crippen LogP contribution in [-0.4, -0.2) is 24.5 Å². The van der Waals surface area contributed by atoms with Crippen LogP contribution in [0.2, 0.25) is 0 Å². The Morgan fingerprint density at radius 1 is 1.09 bits per heavy atom. The summed E-state index contributed by atoms with van der Waals surface area (Å²) in [5.41, 5.74) is 0.305. The predicted octanol–water partition coefficient (Wildman–Crippen LogP) is 2.91. The van der Waals surface area contributed by atoms with Gasteiger partial charge in [0.15, 0.2) is 6.61 Å². The molecule has 0 heterocycles. The summed E-state index contributed by atoms with van der Waals surface area (Å²) in [7, 11) is 0. The zero-order chi connectivity index (χ0) is 16.2. The summed E-state index contributed by atoms with van der Waals surface area (Å²) in [5, 5.41) is 3.15. The highest BCUT2D eigenvalue weighted by Gasteiger charge is 2.53. The SMILES string of the molecule is C[C@@H]1C[C@@H]1C(=O)OCC(=O)N[C@@H](C)C12CC3CC(CC(C3)C1)C2. The molecule has 0 unspecified atom stereocenters. The maximum Gasteiger partial charge on any atom is 0.309 e. The minimum absolute atomic E-state index is 0.0309. The molecule has 0 spiro atoms. The molecule has 5 aliphatic carbocycles. The van der Waals surface area contributed by atoms with Crippen LogP contribution in [0.5, 0.6) is 0 Å². The van der Waals surface area contributed by atoms with Crippen LogP contribution in [-0.2, 0) is 14.3 Å². The molecule has 1 N–H and O–H groups in total. The Labute approximate surface area is 138 Å². The van der Waals surface area contributed by atoms with Gasteiger partial charge in [0.25, 0.3) is 5.91 Å². The molecular formula is C19H29NO3. The van der Waals surface area contributed by atoms with Gasteiger partial charge in [0.2, 0.25) is 0 Å². The molecule has 3 atom stereocenters. The van der Waals surface area contributed by atoms with Crippen molar-refractivity contribution in [2.75, 3.05) is 6.61 Å². The summed E-state index contributed by atoms with van der Waals surface area (Å²) >= 11 is 0. The maximum absolute atomic E-state index is 12.2. The van der Waals surface area contributed by atoms with E-state index in [2.05, 4.69) is 12.2 Å². The molecular weight excluding hydrogens is 290 g/mol. The molecule has 5 rings (SSSR count). The Morgan fingerprint density at radius 2 is 1.61 bits per heavy atom. The Bertz CT molecular complexity index is 479. The first-order chi connectivity index (χ1) is 10.9. The quantitative estimate of drug-likeness (QED) is 0.793. The fraction of sp³-hybridized carbons (Fsp3) is 0.895. The summed E-state index contributed by atoms with van der Waals surface area (Å²) in [6.07, 6.45) is 8.98. The summed E-state index contributed by atoms with van der Waals surface area (Å²) in [6.45, 7) is 4.09. The molecule has 4 nitrogen and oxygen atoms in total. The number of ether oxygens (including phenoxy) is 1. The van der Waals surface area contributed by atoms with E-state index in [4.69, 9.17) is 4.74 Å². The molecule has 128 valence electrons. The van der Waals surface area contributed by atoms with Gasteiger partial charge in [0.05, 0.1) is 5.92 Å². The van der Waals surface area contributed by atoms with Crippen LogP contribution in [0.3, 0.4) is 0 Å². The number of carbonyl (C=O) groups excluding carboxylic acids is 2. The van der Waals surface area contributed by atoms with Gasteiger partial charge >= 0.3 is 5.97 Å². The Kier molecular flexibility index (Phi) is 3.69. The number of hydrogen-bond donors (Lipinski definition) is 1. The highest BCUT2D eigenvalue weighted by molar-refractivity contribution is 5.82. The van der Waals surface area contributed by atoms with Gasteiger partial charge in [0.1, 0.15) is 0 Å². The lowest BCUT2D eigenvalue weighted by molar-refractivity contribution is -0.151. The molecule has 4 heteroatoms. The van der Waals surface area contributed by atoms with E-state index in [1.165, 1.54) is 38.5 Å². The lowest BCUT2D eigenvalue weighted by Gasteiger charge is -2.59. The summed E-state index contributed by atoms with van der Waals surface area (Å²) in [4.78, 5) is 23.9. The third kappa shape index (κ3) is 2.89. The van der Waals surface area contributed by atoms with Gasteiger partial charge in [-0.1, -0.05) is 6.92 Å². The molecule has 23 heavy (non-hydrogen) atoms. The number of esters is 1. The molecule has 0 aliphatic heterocycles. The van der Waals surface area contributed by atoms with Crippen molar-refractivity contribution >= 4 is 11.9 Å². The van der Waals surface area contributed by atoms with Crippen molar-refractivity contribution < 1.29 is 14.3 Å². The van der Waals surface area contributed by atoms with Gasteiger partial charge in [-0.3, -0.25) is 9.59 Å². The molecule has 4 bridgehead atoms. The lowest BCUT2D eigenvalue weighted by atomic mass is 9.48. The van der Waals surface area contributed by atoms with E-state index >= 15 is 0 Å². The van der Waals surface area contributed by atoms with E-state index < -0.39 is 0 Å². The third-order valence-corrected chi connectivity index (χ3v) is 7.14. The molecule has 0 radical (unpaired) electrons. The van der Waals surface area contributed by atoms with Crippen molar-refractivity contribution in [1.82, 2.24) is 5.32 Å². The standard InChI is InChI=1S/C19H29NO3/c1-11-3-16(11)18(22)23-10-17(21)20-12(2)19-7-13-4-14(8-19)6-15(5-13)9-19/h11-16H,3-10H2,1-2H3,(H,20,21)/t11-,12+,13?,14?,15?,16+,19?/m1/s1. The number of nitrogens with one attached hydrogen (secondary N) is 1. The molecule has 0 aromatic heterocycles. The molecule has 5 saturated carbocycles. The zero-order valence-corrected chi connectivity index (χ0v) is 14.3. The van der Waals surface area contributed by atoms with E-state index in [0.717, 1.165) is 24.2 Å². The highest BCUT2D eigenvalue weighted by Crippen LogP contribution is 2.61. The Morgan fingerprint density at radius 3 is 2.09 bits per heavy atom. The molecule has 1 amide bonds. The number of rotatable bonds is 5. The van der Waals surface area contributed by atoms with Gasteiger partial charge in [-0.15, -0.1) is 0 Å². The highest BCUT2D eigenvalue weighted by atomic mass is 16.5. The number of hydrogen-bond acceptors (Lipinski definition) is 3. The van der Waals surface area contributed by atoms with Gasteiger partial charge in [-0.25, -0.2) is 0 Å². The minimum Gasteiger partial charge on any atom is -0.455 e. The first-order valence-electron chi connectivity index (χ1n) is 9.41. The van der Waals surface area contributed by atoms with Crippen LogP contribution in [0.1, 0.15) is 58.8 Å². The van der Waals surface area contributed by atoms with Crippen molar-refractivity contribution in [2.45, 2.75) is 64.8 Å². The molecule has 5 fully saturated rings. The zero-order valence-electron chi connectivity index (χ0n) is 14.3. The maximum atomic E-state index is 12.2. The monoisotopic (exact) mass is 319 g/mol. The second-order valence-corrected chi connectivity index (χ2v) is 9.00. The summed E-state index contributed by atoms with van der Waals surface area (Å²) in [5.74, 6) is 2.78. The average Bonchev–Trinajstić information content (AvgIpc) is 3.20. The van der Waals surface area contributed by atoms with E-state index in [1.807, 2.05) is 6.92 Å². The van der Waals surface area contributed by atoms with Crippen molar-refractivity contribution in [3.05, 3.63) is 0 Å². The number of carbonyl (C=O) groups is 2. The van der Waals surface area contributed by atoms with E-state index in [0.29, 0.717) is 11.3 Å². The van der Waals surface area contributed by atoms with Gasteiger partial charge in [0, 0.05) is 6.04 Å². The van der Waals surface area contributed by atoms with Gasteiger partial charge in [-0.2, -0.15) is 0 Å². The van der Waals surface area contributed by atoms with Crippen LogP contribution in [0.4, 0.5) is 0 Å². The summed E-state index contributed by atoms with van der Waals surface area (Å²) in [6, 6.07) is 0.196. The lowest BCUT2D eigenvalue weighted by Crippen LogP contribution is -2.56. The smallest absolute Gasteiger partial charge is 0.309 e. The Hall–Kier alpha value is -1.06. The van der Waals surface area contributed by atoms with E-state index in [9.17, 15) is 9.59 Å². The van der Waals surface area contributed by atoms with Crippen molar-refractivity contribution in [2.24, 2.45) is 35.0 Å². The van der Waals surface area contributed by atoms with Crippen molar-refractivity contribution in [1.29, 1.82) is 0 Å². The van der Waals surface area contributed by atoms with Gasteiger partial charge in [-0.05, 0) is 81.0 Å². The second kappa shape index (κ2) is 5.49. The molecule has 5 aliphatic rings. The molecule has 0 aromatic rings. The average molecular weight is 319 g/mol. The van der Waals surface area contributed by atoms with Crippen molar-refractivity contribution in [3.8, 4) is 0 Å². The minimum atomic E-state index is -0.199. The normalized spacial score (nSPS) is 44.7. The van der Waals surface area contributed by atoms with Crippen LogP contribution in [0, 0.1) is 35.0 Å². The van der Waals surface area contributed by atoms with Gasteiger partial charge < -0.3 is 10.1 Å². The Balaban J connectivity index is 1.30. The fourth-order valence-electron chi connectivity index (χ4n) is 6.04. The third-order valence-electron chi connectivity index (χ3n) is 7.14. The fourth-order valence-corrected chi connectivity index (χ4v) is 6.04. The van der Waals surface area contributed by atoms with E-state index in [-0.39, 0.29) is 30.4 Å². The van der Waals surface area contributed by atoms with Crippen LogP contribution in [0.15, 0.2) is 0 Å². The van der Waals surface area contributed by atoms with Crippen LogP contribution >= 0.6 is 0 Å². The first kappa shape index (κ1) is 15.5. The topological polar surface area (TPSA) is 55.4 Å². The second-order valence-electron chi connectivity index (χ2n) is 9.00.